The maximum absolute atomic E-state index is 13.1. The second kappa shape index (κ2) is 4.94. The quantitative estimate of drug-likeness (QED) is 0.849. The molecule has 1 radical (unpaired) electrons. The van der Waals surface area contributed by atoms with E-state index in [0.29, 0.717) is 6.07 Å². The third-order valence-corrected chi connectivity index (χ3v) is 3.83. The lowest BCUT2D eigenvalue weighted by Gasteiger charge is -2.14. The summed E-state index contributed by atoms with van der Waals surface area (Å²) in [4.78, 5) is -0.357. The van der Waals surface area contributed by atoms with Crippen LogP contribution in [0.15, 0.2) is 47.4 Å². The second-order valence-corrected chi connectivity index (χ2v) is 6.27. The maximum atomic E-state index is 13.1. The van der Waals surface area contributed by atoms with Gasteiger partial charge in [-0.1, -0.05) is 30.3 Å². The number of benzene rings is 2. The highest BCUT2D eigenvalue weighted by Crippen LogP contribution is 2.38. The first-order valence-electron chi connectivity index (χ1n) is 5.58. The lowest BCUT2D eigenvalue weighted by atomic mass is 9.99. The topological polar surface area (TPSA) is 34.1 Å². The van der Waals surface area contributed by atoms with Gasteiger partial charge in [0.2, 0.25) is 0 Å². The molecule has 0 fully saturated rings. The summed E-state index contributed by atoms with van der Waals surface area (Å²) in [5.41, 5.74) is -0.812. The van der Waals surface area contributed by atoms with Crippen molar-refractivity contribution >= 4 is 9.84 Å². The first kappa shape index (κ1) is 14.6. The summed E-state index contributed by atoms with van der Waals surface area (Å²) in [6, 6.07) is 11.9. The molecule has 6 heteroatoms. The van der Waals surface area contributed by atoms with Gasteiger partial charge < -0.3 is 0 Å². The average molecular weight is 299 g/mol. The molecule has 2 rings (SSSR count). The third kappa shape index (κ3) is 3.01. The summed E-state index contributed by atoms with van der Waals surface area (Å²) in [5.74, 6) is 0. The van der Waals surface area contributed by atoms with Crippen molar-refractivity contribution in [1.82, 2.24) is 0 Å². The molecule has 0 heterocycles. The molecule has 2 aromatic rings. The Hall–Kier alpha value is -1.82. The Balaban J connectivity index is 2.71. The molecule has 0 amide bonds. The van der Waals surface area contributed by atoms with Crippen LogP contribution in [0.25, 0.3) is 11.1 Å². The molecule has 0 bridgehead atoms. The number of rotatable bonds is 2. The van der Waals surface area contributed by atoms with Gasteiger partial charge in [0, 0.05) is 6.26 Å². The minimum absolute atomic E-state index is 0.0921. The predicted octanol–water partition coefficient (Wildman–Crippen LogP) is 3.58. The molecule has 2 aromatic carbocycles. The third-order valence-electron chi connectivity index (χ3n) is 2.72. The fourth-order valence-corrected chi connectivity index (χ4v) is 2.43. The highest BCUT2D eigenvalue weighted by molar-refractivity contribution is 7.90. The van der Waals surface area contributed by atoms with Crippen LogP contribution in [0.5, 0.6) is 0 Å². The molecule has 0 saturated carbocycles. The van der Waals surface area contributed by atoms with Crippen LogP contribution in [0.3, 0.4) is 0 Å². The van der Waals surface area contributed by atoms with Crippen LogP contribution in [0.1, 0.15) is 5.56 Å². The summed E-state index contributed by atoms with van der Waals surface area (Å²) < 4.78 is 62.0. The van der Waals surface area contributed by atoms with Gasteiger partial charge in [-0.25, -0.2) is 8.42 Å². The van der Waals surface area contributed by atoms with E-state index in [1.165, 1.54) is 18.2 Å². The van der Waals surface area contributed by atoms with Gasteiger partial charge in [-0.3, -0.25) is 0 Å². The molecule has 2 nitrogen and oxygen atoms in total. The van der Waals surface area contributed by atoms with Crippen molar-refractivity contribution in [3.05, 3.63) is 54.1 Å². The molecule has 0 aliphatic heterocycles. The van der Waals surface area contributed by atoms with Gasteiger partial charge in [0.05, 0.1) is 10.5 Å². The lowest BCUT2D eigenvalue weighted by molar-refractivity contribution is -0.137. The summed E-state index contributed by atoms with van der Waals surface area (Å²) in [5, 5.41) is 0. The zero-order valence-electron chi connectivity index (χ0n) is 10.4. The first-order valence-corrected chi connectivity index (χ1v) is 7.47. The first-order chi connectivity index (χ1) is 9.19. The van der Waals surface area contributed by atoms with Crippen molar-refractivity contribution in [3.63, 3.8) is 0 Å². The van der Waals surface area contributed by atoms with E-state index in [-0.39, 0.29) is 16.0 Å². The molecular formula is C14H10F3O2S. The second-order valence-electron chi connectivity index (χ2n) is 4.25. The van der Waals surface area contributed by atoms with E-state index in [0.717, 1.165) is 12.3 Å². The van der Waals surface area contributed by atoms with Crippen molar-refractivity contribution in [2.24, 2.45) is 0 Å². The Morgan fingerprint density at radius 1 is 1.10 bits per heavy atom. The van der Waals surface area contributed by atoms with Gasteiger partial charge in [-0.2, -0.15) is 13.2 Å². The Kier molecular flexibility index (Phi) is 3.60. The molecule has 0 aliphatic carbocycles. The normalized spacial score (nSPS) is 12.4. The molecule has 0 aromatic heterocycles. The molecule has 0 aliphatic rings. The number of alkyl halides is 3. The maximum Gasteiger partial charge on any atom is 0.417 e. The van der Waals surface area contributed by atoms with E-state index in [4.69, 9.17) is 0 Å². The van der Waals surface area contributed by atoms with Crippen LogP contribution >= 0.6 is 0 Å². The average Bonchev–Trinajstić information content (AvgIpc) is 2.37. The molecule has 0 N–H and O–H groups in total. The van der Waals surface area contributed by atoms with Crippen molar-refractivity contribution in [2.45, 2.75) is 11.1 Å². The fraction of sp³-hybridized carbons (Fsp3) is 0.143. The molecular weight excluding hydrogens is 289 g/mol. The minimum atomic E-state index is -4.64. The Labute approximate surface area is 114 Å². The van der Waals surface area contributed by atoms with Crippen molar-refractivity contribution in [1.29, 1.82) is 0 Å². The number of hydrogen-bond acceptors (Lipinski definition) is 2. The van der Waals surface area contributed by atoms with E-state index in [1.54, 1.807) is 12.1 Å². The standard InChI is InChI=1S/C14H10F3O2S/c1-20(18,19)11-7-8-12(10-5-3-2-4-6-10)13(9-11)14(15,16)17/h2-5,7-9H,1H3. The van der Waals surface area contributed by atoms with E-state index < -0.39 is 21.6 Å². The van der Waals surface area contributed by atoms with E-state index in [1.807, 2.05) is 0 Å². The van der Waals surface area contributed by atoms with Crippen LogP contribution in [-0.2, 0) is 16.0 Å². The molecule has 0 atom stereocenters. The van der Waals surface area contributed by atoms with Gasteiger partial charge in [-0.15, -0.1) is 0 Å². The van der Waals surface area contributed by atoms with Crippen LogP contribution in [0.4, 0.5) is 13.2 Å². The van der Waals surface area contributed by atoms with Crippen molar-refractivity contribution in [2.75, 3.05) is 6.26 Å². The van der Waals surface area contributed by atoms with Gasteiger partial charge in [0.1, 0.15) is 0 Å². The summed E-state index contributed by atoms with van der Waals surface area (Å²) in [6.45, 7) is 0. The Bertz CT molecular complexity index is 720. The zero-order valence-corrected chi connectivity index (χ0v) is 11.2. The number of halogens is 3. The summed E-state index contributed by atoms with van der Waals surface area (Å²) >= 11 is 0. The minimum Gasteiger partial charge on any atom is -0.224 e. The van der Waals surface area contributed by atoms with E-state index in [9.17, 15) is 21.6 Å². The van der Waals surface area contributed by atoms with E-state index in [2.05, 4.69) is 6.07 Å². The van der Waals surface area contributed by atoms with E-state index >= 15 is 0 Å². The monoisotopic (exact) mass is 299 g/mol. The van der Waals surface area contributed by atoms with Crippen LogP contribution in [-0.4, -0.2) is 14.7 Å². The SMILES string of the molecule is CS(=O)(=O)c1ccc(-c2[c]cccc2)c(C(F)(F)F)c1. The molecule has 20 heavy (non-hydrogen) atoms. The molecule has 105 valence electrons. The van der Waals surface area contributed by atoms with Crippen LogP contribution < -0.4 is 0 Å². The molecule has 0 saturated heterocycles. The summed E-state index contributed by atoms with van der Waals surface area (Å²) in [6.07, 6.45) is -3.77. The largest absolute Gasteiger partial charge is 0.417 e. The van der Waals surface area contributed by atoms with Gasteiger partial charge in [-0.05, 0) is 29.3 Å². The van der Waals surface area contributed by atoms with Gasteiger partial charge in [0.15, 0.2) is 9.84 Å². The zero-order chi connectivity index (χ0) is 15.0. The smallest absolute Gasteiger partial charge is 0.224 e. The van der Waals surface area contributed by atoms with Crippen LogP contribution in [0.2, 0.25) is 0 Å². The van der Waals surface area contributed by atoms with Crippen LogP contribution in [0, 0.1) is 6.07 Å². The number of sulfone groups is 1. The lowest BCUT2D eigenvalue weighted by Crippen LogP contribution is -2.09. The Morgan fingerprint density at radius 2 is 1.80 bits per heavy atom. The predicted molar refractivity (Wildman–Crippen MR) is 68.8 cm³/mol. The van der Waals surface area contributed by atoms with Crippen molar-refractivity contribution in [3.8, 4) is 11.1 Å². The highest BCUT2D eigenvalue weighted by Gasteiger charge is 2.34. The van der Waals surface area contributed by atoms with Gasteiger partial charge in [0.25, 0.3) is 0 Å². The highest BCUT2D eigenvalue weighted by atomic mass is 32.2. The fourth-order valence-electron chi connectivity index (χ4n) is 1.78. The number of hydrogen-bond donors (Lipinski definition) is 0. The Morgan fingerprint density at radius 3 is 2.30 bits per heavy atom. The molecule has 0 unspecified atom stereocenters. The molecule has 0 spiro atoms. The van der Waals surface area contributed by atoms with Crippen molar-refractivity contribution < 1.29 is 21.6 Å². The summed E-state index contributed by atoms with van der Waals surface area (Å²) in [7, 11) is -3.69. The van der Waals surface area contributed by atoms with Gasteiger partial charge >= 0.3 is 6.18 Å².